The molecule has 2 aliphatic rings. The predicted octanol–water partition coefficient (Wildman–Crippen LogP) is 2.50. The minimum Gasteiger partial charge on any atom is -0.465 e. The Morgan fingerprint density at radius 1 is 1.28 bits per heavy atom. The number of halogens is 2. The van der Waals surface area contributed by atoms with Gasteiger partial charge in [-0.15, -0.1) is 0 Å². The summed E-state index contributed by atoms with van der Waals surface area (Å²) in [5, 5.41) is 24.2. The maximum atomic E-state index is 14.8. The van der Waals surface area contributed by atoms with Gasteiger partial charge in [-0.1, -0.05) is 0 Å². The second-order valence-corrected chi connectivity index (χ2v) is 12.0. The number of rotatable bonds is 5. The quantitative estimate of drug-likeness (QED) is 0.607. The standard InChI is InChI=1S/C23H30F2N4O6S/c1-23(2,3)28(22(31)32)18-8-14(12-35-21(18)15-7-13(24)5-6-17(15)25)27-10-19-16(20(27)11-30)9-26-29(19)36(4,33)34/h5-7,9,14,18,20-21,30H,8,10-12H2,1-4H3,(H,31,32)/t14-,18+,20-,21-/m1/s1. The summed E-state index contributed by atoms with van der Waals surface area (Å²) in [6, 6.07) is 1.04. The van der Waals surface area contributed by atoms with Crippen molar-refractivity contribution in [3.63, 3.8) is 0 Å². The van der Waals surface area contributed by atoms with Crippen LogP contribution in [0, 0.1) is 11.6 Å². The number of hydrogen-bond donors (Lipinski definition) is 2. The summed E-state index contributed by atoms with van der Waals surface area (Å²) in [6.07, 6.45) is 0.299. The fraction of sp³-hybridized carbons (Fsp3) is 0.565. The molecular formula is C23H30F2N4O6S. The molecule has 1 saturated heterocycles. The molecule has 1 aromatic heterocycles. The molecule has 1 amide bonds. The molecule has 0 radical (unpaired) electrons. The highest BCUT2D eigenvalue weighted by atomic mass is 32.2. The van der Waals surface area contributed by atoms with E-state index in [0.29, 0.717) is 11.3 Å². The van der Waals surface area contributed by atoms with Gasteiger partial charge in [-0.2, -0.15) is 9.19 Å². The molecule has 0 unspecified atom stereocenters. The normalized spacial score (nSPS) is 25.1. The third-order valence-corrected chi connectivity index (χ3v) is 7.71. The first-order chi connectivity index (χ1) is 16.7. The topological polar surface area (TPSA) is 125 Å². The fourth-order valence-electron chi connectivity index (χ4n) is 5.36. The average Bonchev–Trinajstić information content (AvgIpc) is 3.33. The molecule has 10 nitrogen and oxygen atoms in total. The summed E-state index contributed by atoms with van der Waals surface area (Å²) in [5.41, 5.74) is -0.00335. The van der Waals surface area contributed by atoms with Gasteiger partial charge in [-0.25, -0.2) is 22.0 Å². The number of amides is 1. The molecule has 1 fully saturated rings. The molecule has 0 bridgehead atoms. The van der Waals surface area contributed by atoms with Gasteiger partial charge in [-0.3, -0.25) is 9.80 Å². The van der Waals surface area contributed by atoms with E-state index in [1.165, 1.54) is 11.1 Å². The van der Waals surface area contributed by atoms with Crippen molar-refractivity contribution in [1.29, 1.82) is 0 Å². The molecule has 0 spiro atoms. The van der Waals surface area contributed by atoms with E-state index in [2.05, 4.69) is 5.10 Å². The molecule has 2 aromatic rings. The van der Waals surface area contributed by atoms with Crippen LogP contribution in [-0.4, -0.2) is 80.8 Å². The Morgan fingerprint density at radius 3 is 2.56 bits per heavy atom. The second-order valence-electron chi connectivity index (χ2n) is 10.2. The minimum absolute atomic E-state index is 0.0296. The molecule has 2 N–H and O–H groups in total. The molecule has 4 atom stereocenters. The average molecular weight is 529 g/mol. The number of carbonyl (C=O) groups is 1. The van der Waals surface area contributed by atoms with Crippen LogP contribution in [-0.2, 0) is 21.3 Å². The van der Waals surface area contributed by atoms with Gasteiger partial charge >= 0.3 is 6.09 Å². The number of carboxylic acid groups (broad SMARTS) is 1. The van der Waals surface area contributed by atoms with E-state index < -0.39 is 57.5 Å². The van der Waals surface area contributed by atoms with Crippen molar-refractivity contribution >= 4 is 16.1 Å². The van der Waals surface area contributed by atoms with Crippen LogP contribution < -0.4 is 0 Å². The highest BCUT2D eigenvalue weighted by molar-refractivity contribution is 7.89. The van der Waals surface area contributed by atoms with Crippen LogP contribution in [0.2, 0.25) is 0 Å². The van der Waals surface area contributed by atoms with Crippen LogP contribution in [0.15, 0.2) is 24.4 Å². The number of aromatic nitrogens is 2. The van der Waals surface area contributed by atoms with E-state index in [0.717, 1.165) is 28.5 Å². The van der Waals surface area contributed by atoms with Crippen LogP contribution in [0.5, 0.6) is 0 Å². The fourth-order valence-corrected chi connectivity index (χ4v) is 6.14. The Morgan fingerprint density at radius 2 is 1.97 bits per heavy atom. The van der Waals surface area contributed by atoms with Gasteiger partial charge in [0.1, 0.15) is 17.7 Å². The first kappa shape index (κ1) is 26.5. The Labute approximate surface area is 208 Å². The lowest BCUT2D eigenvalue weighted by Crippen LogP contribution is -2.58. The van der Waals surface area contributed by atoms with Gasteiger partial charge < -0.3 is 14.9 Å². The highest BCUT2D eigenvalue weighted by Crippen LogP contribution is 2.42. The molecule has 0 saturated carbocycles. The van der Waals surface area contributed by atoms with Crippen LogP contribution >= 0.6 is 0 Å². The van der Waals surface area contributed by atoms with Gasteiger partial charge in [0.05, 0.1) is 43.4 Å². The van der Waals surface area contributed by atoms with Gasteiger partial charge in [0.25, 0.3) is 10.0 Å². The molecule has 4 rings (SSSR count). The van der Waals surface area contributed by atoms with Gasteiger partial charge in [0.2, 0.25) is 0 Å². The number of benzene rings is 1. The zero-order valence-corrected chi connectivity index (χ0v) is 21.2. The zero-order valence-electron chi connectivity index (χ0n) is 20.4. The Hall–Kier alpha value is -2.61. The molecule has 3 heterocycles. The van der Waals surface area contributed by atoms with Crippen LogP contribution in [0.1, 0.15) is 56.2 Å². The Kier molecular flexibility index (Phi) is 6.88. The van der Waals surface area contributed by atoms with Crippen molar-refractivity contribution in [2.24, 2.45) is 0 Å². The van der Waals surface area contributed by atoms with Crippen molar-refractivity contribution in [2.45, 2.75) is 63.5 Å². The van der Waals surface area contributed by atoms with Crippen molar-refractivity contribution in [1.82, 2.24) is 19.0 Å². The van der Waals surface area contributed by atoms with Crippen molar-refractivity contribution in [3.05, 3.63) is 52.9 Å². The van der Waals surface area contributed by atoms with E-state index in [4.69, 9.17) is 4.74 Å². The van der Waals surface area contributed by atoms with E-state index in [-0.39, 0.29) is 31.7 Å². The lowest BCUT2D eigenvalue weighted by Gasteiger charge is -2.48. The summed E-state index contributed by atoms with van der Waals surface area (Å²) in [6.45, 7) is 4.94. The number of ether oxygens (including phenoxy) is 1. The molecular weight excluding hydrogens is 498 g/mol. The van der Waals surface area contributed by atoms with Gasteiger partial charge in [-0.05, 0) is 45.4 Å². The van der Waals surface area contributed by atoms with Crippen LogP contribution in [0.4, 0.5) is 13.6 Å². The minimum atomic E-state index is -3.68. The third-order valence-electron chi connectivity index (χ3n) is 6.77. The monoisotopic (exact) mass is 528 g/mol. The maximum absolute atomic E-state index is 14.8. The largest absolute Gasteiger partial charge is 0.465 e. The lowest BCUT2D eigenvalue weighted by molar-refractivity contribution is -0.109. The molecule has 36 heavy (non-hydrogen) atoms. The molecule has 1 aromatic carbocycles. The number of aliphatic hydroxyl groups is 1. The third kappa shape index (κ3) is 4.72. The predicted molar refractivity (Wildman–Crippen MR) is 125 cm³/mol. The number of hydrogen-bond acceptors (Lipinski definition) is 7. The summed E-state index contributed by atoms with van der Waals surface area (Å²) in [4.78, 5) is 15.4. The number of fused-ring (bicyclic) bond motifs is 1. The van der Waals surface area contributed by atoms with E-state index in [9.17, 15) is 32.2 Å². The van der Waals surface area contributed by atoms with E-state index in [1.54, 1.807) is 20.8 Å². The molecule has 13 heteroatoms. The van der Waals surface area contributed by atoms with Gasteiger partial charge in [0, 0.05) is 29.3 Å². The summed E-state index contributed by atoms with van der Waals surface area (Å²) in [7, 11) is -3.68. The summed E-state index contributed by atoms with van der Waals surface area (Å²) < 4.78 is 60.2. The highest BCUT2D eigenvalue weighted by Gasteiger charge is 2.47. The van der Waals surface area contributed by atoms with E-state index >= 15 is 0 Å². The smallest absolute Gasteiger partial charge is 0.408 e. The Balaban J connectivity index is 1.72. The molecule has 0 aliphatic carbocycles. The lowest BCUT2D eigenvalue weighted by atomic mass is 9.88. The number of aliphatic hydroxyl groups excluding tert-OH is 1. The maximum Gasteiger partial charge on any atom is 0.408 e. The van der Waals surface area contributed by atoms with Crippen molar-refractivity contribution in [2.75, 3.05) is 19.5 Å². The zero-order chi connectivity index (χ0) is 26.6. The molecule has 198 valence electrons. The van der Waals surface area contributed by atoms with Gasteiger partial charge in [0.15, 0.2) is 0 Å². The van der Waals surface area contributed by atoms with Crippen molar-refractivity contribution in [3.8, 4) is 0 Å². The van der Waals surface area contributed by atoms with E-state index in [1.807, 2.05) is 4.90 Å². The Bertz CT molecular complexity index is 1260. The first-order valence-corrected chi connectivity index (χ1v) is 13.3. The summed E-state index contributed by atoms with van der Waals surface area (Å²) in [5.74, 6) is -1.38. The number of nitrogens with zero attached hydrogens (tertiary/aromatic N) is 4. The second kappa shape index (κ2) is 9.36. The van der Waals surface area contributed by atoms with Crippen LogP contribution in [0.25, 0.3) is 0 Å². The molecule has 2 aliphatic heterocycles. The van der Waals surface area contributed by atoms with Crippen LogP contribution in [0.3, 0.4) is 0 Å². The van der Waals surface area contributed by atoms with Crippen molar-refractivity contribution < 1.29 is 36.9 Å². The first-order valence-electron chi connectivity index (χ1n) is 11.5. The summed E-state index contributed by atoms with van der Waals surface area (Å²) >= 11 is 0. The SMILES string of the molecule is CC(C)(C)N(C(=O)O)[C@H]1C[C@@H](N2Cc3c(cnn3S(C)(=O)=O)[C@H]2CO)CO[C@@H]1c1cc(F)ccc1F.